The molecular formula is C13H17F3O2. The van der Waals surface area contributed by atoms with Gasteiger partial charge in [0, 0.05) is 13.7 Å². The SMILES string of the molecule is CCOC(C)c1ccc(C(OC)C(F)(F)F)cc1. The minimum atomic E-state index is -4.40. The topological polar surface area (TPSA) is 18.5 Å². The average Bonchev–Trinajstić information content (AvgIpc) is 2.29. The van der Waals surface area contributed by atoms with Crippen LogP contribution in [0.15, 0.2) is 24.3 Å². The van der Waals surface area contributed by atoms with Crippen molar-refractivity contribution >= 4 is 0 Å². The van der Waals surface area contributed by atoms with Gasteiger partial charge in [-0.25, -0.2) is 0 Å². The molecule has 0 spiro atoms. The molecule has 2 nitrogen and oxygen atoms in total. The third kappa shape index (κ3) is 3.71. The lowest BCUT2D eigenvalue weighted by Gasteiger charge is -2.20. The molecule has 0 amide bonds. The number of ether oxygens (including phenoxy) is 2. The van der Waals surface area contributed by atoms with Crippen molar-refractivity contribution in [2.45, 2.75) is 32.2 Å². The Morgan fingerprint density at radius 3 is 2.00 bits per heavy atom. The van der Waals surface area contributed by atoms with E-state index in [2.05, 4.69) is 4.74 Å². The first-order valence-electron chi connectivity index (χ1n) is 5.71. The number of benzene rings is 1. The van der Waals surface area contributed by atoms with Gasteiger partial charge in [-0.1, -0.05) is 24.3 Å². The van der Waals surface area contributed by atoms with Crippen molar-refractivity contribution in [3.63, 3.8) is 0 Å². The van der Waals surface area contributed by atoms with Gasteiger partial charge in [-0.3, -0.25) is 0 Å². The highest BCUT2D eigenvalue weighted by atomic mass is 19.4. The number of rotatable bonds is 5. The summed E-state index contributed by atoms with van der Waals surface area (Å²) in [5, 5.41) is 0. The van der Waals surface area contributed by atoms with E-state index in [1.807, 2.05) is 13.8 Å². The highest BCUT2D eigenvalue weighted by Crippen LogP contribution is 2.35. The van der Waals surface area contributed by atoms with Crippen LogP contribution in [0.5, 0.6) is 0 Å². The number of alkyl halides is 3. The van der Waals surface area contributed by atoms with Crippen LogP contribution in [0.1, 0.15) is 37.2 Å². The highest BCUT2D eigenvalue weighted by molar-refractivity contribution is 5.26. The average molecular weight is 262 g/mol. The molecule has 2 unspecified atom stereocenters. The maximum Gasteiger partial charge on any atom is 0.418 e. The first kappa shape index (κ1) is 15.0. The predicted octanol–water partition coefficient (Wildman–Crippen LogP) is 4.03. The van der Waals surface area contributed by atoms with Gasteiger partial charge in [0.2, 0.25) is 0 Å². The maximum atomic E-state index is 12.6. The van der Waals surface area contributed by atoms with E-state index in [0.29, 0.717) is 6.61 Å². The molecule has 1 aromatic carbocycles. The zero-order valence-electron chi connectivity index (χ0n) is 10.6. The van der Waals surface area contributed by atoms with E-state index >= 15 is 0 Å². The van der Waals surface area contributed by atoms with Crippen molar-refractivity contribution < 1.29 is 22.6 Å². The fourth-order valence-electron chi connectivity index (χ4n) is 1.75. The number of hydrogen-bond donors (Lipinski definition) is 0. The van der Waals surface area contributed by atoms with Gasteiger partial charge in [0.05, 0.1) is 6.10 Å². The standard InChI is InChI=1S/C13H17F3O2/c1-4-18-9(2)10-5-7-11(8-6-10)12(17-3)13(14,15)16/h5-9,12H,4H2,1-3H3. The molecule has 0 heterocycles. The fourth-order valence-corrected chi connectivity index (χ4v) is 1.75. The Bertz CT molecular complexity index is 359. The summed E-state index contributed by atoms with van der Waals surface area (Å²) in [5.74, 6) is 0. The monoisotopic (exact) mass is 262 g/mol. The second kappa shape index (κ2) is 6.20. The van der Waals surface area contributed by atoms with Crippen LogP contribution < -0.4 is 0 Å². The summed E-state index contributed by atoms with van der Waals surface area (Å²) in [5.41, 5.74) is 0.940. The van der Waals surface area contributed by atoms with Gasteiger partial charge < -0.3 is 9.47 Å². The maximum absolute atomic E-state index is 12.6. The molecular weight excluding hydrogens is 245 g/mol. The lowest BCUT2D eigenvalue weighted by Crippen LogP contribution is -2.22. The smallest absolute Gasteiger partial charge is 0.374 e. The third-order valence-corrected chi connectivity index (χ3v) is 2.66. The molecule has 0 aliphatic carbocycles. The van der Waals surface area contributed by atoms with E-state index in [1.165, 1.54) is 12.1 Å². The highest BCUT2D eigenvalue weighted by Gasteiger charge is 2.41. The molecule has 0 fully saturated rings. The quantitative estimate of drug-likeness (QED) is 0.797. The first-order chi connectivity index (χ1) is 8.40. The van der Waals surface area contributed by atoms with Crippen LogP contribution in [0, 0.1) is 0 Å². The first-order valence-corrected chi connectivity index (χ1v) is 5.71. The van der Waals surface area contributed by atoms with Crippen LogP contribution in [0.2, 0.25) is 0 Å². The molecule has 0 bridgehead atoms. The molecule has 0 saturated carbocycles. The van der Waals surface area contributed by atoms with Crippen molar-refractivity contribution in [1.29, 1.82) is 0 Å². The molecule has 5 heteroatoms. The number of methoxy groups -OCH3 is 1. The van der Waals surface area contributed by atoms with Crippen LogP contribution in [0.3, 0.4) is 0 Å². The summed E-state index contributed by atoms with van der Waals surface area (Å²) < 4.78 is 47.8. The van der Waals surface area contributed by atoms with Crippen molar-refractivity contribution in [3.05, 3.63) is 35.4 Å². The van der Waals surface area contributed by atoms with Gasteiger partial charge in [-0.05, 0) is 25.0 Å². The molecule has 2 atom stereocenters. The predicted molar refractivity (Wildman–Crippen MR) is 62.3 cm³/mol. The normalized spacial score (nSPS) is 15.4. The molecule has 0 aromatic heterocycles. The van der Waals surface area contributed by atoms with Gasteiger partial charge in [0.1, 0.15) is 0 Å². The summed E-state index contributed by atoms with van der Waals surface area (Å²) >= 11 is 0. The Morgan fingerprint density at radius 1 is 1.11 bits per heavy atom. The summed E-state index contributed by atoms with van der Waals surface area (Å²) in [6.45, 7) is 4.29. The van der Waals surface area contributed by atoms with E-state index in [1.54, 1.807) is 12.1 Å². The second-order valence-electron chi connectivity index (χ2n) is 3.92. The lowest BCUT2D eigenvalue weighted by molar-refractivity contribution is -0.215. The van der Waals surface area contributed by atoms with Crippen LogP contribution >= 0.6 is 0 Å². The van der Waals surface area contributed by atoms with Gasteiger partial charge in [-0.15, -0.1) is 0 Å². The van der Waals surface area contributed by atoms with Crippen molar-refractivity contribution in [1.82, 2.24) is 0 Å². The van der Waals surface area contributed by atoms with E-state index < -0.39 is 12.3 Å². The Kier molecular flexibility index (Phi) is 5.16. The molecule has 0 saturated heterocycles. The van der Waals surface area contributed by atoms with Crippen molar-refractivity contribution in [3.8, 4) is 0 Å². The van der Waals surface area contributed by atoms with Crippen LogP contribution in [-0.4, -0.2) is 19.9 Å². The van der Waals surface area contributed by atoms with Gasteiger partial charge in [0.15, 0.2) is 6.10 Å². The molecule has 1 aromatic rings. The largest absolute Gasteiger partial charge is 0.418 e. The van der Waals surface area contributed by atoms with Gasteiger partial charge in [0.25, 0.3) is 0 Å². The lowest BCUT2D eigenvalue weighted by atomic mass is 10.0. The van der Waals surface area contributed by atoms with Gasteiger partial charge in [-0.2, -0.15) is 13.2 Å². The van der Waals surface area contributed by atoms with Crippen molar-refractivity contribution in [2.24, 2.45) is 0 Å². The zero-order valence-corrected chi connectivity index (χ0v) is 10.6. The zero-order chi connectivity index (χ0) is 13.8. The second-order valence-corrected chi connectivity index (χ2v) is 3.92. The van der Waals surface area contributed by atoms with Gasteiger partial charge >= 0.3 is 6.18 Å². The van der Waals surface area contributed by atoms with Crippen LogP contribution in [0.25, 0.3) is 0 Å². The van der Waals surface area contributed by atoms with Crippen molar-refractivity contribution in [2.75, 3.05) is 13.7 Å². The summed E-state index contributed by atoms with van der Waals surface area (Å²) in [7, 11) is 1.05. The Hall–Kier alpha value is -1.07. The Labute approximate surface area is 105 Å². The van der Waals surface area contributed by atoms with E-state index in [4.69, 9.17) is 4.74 Å². The summed E-state index contributed by atoms with van der Waals surface area (Å²) in [6, 6.07) is 6.11. The molecule has 1 rings (SSSR count). The minimum Gasteiger partial charge on any atom is -0.374 e. The number of halogens is 3. The molecule has 18 heavy (non-hydrogen) atoms. The third-order valence-electron chi connectivity index (χ3n) is 2.66. The molecule has 102 valence electrons. The minimum absolute atomic E-state index is 0.0949. The van der Waals surface area contributed by atoms with Crippen LogP contribution in [0.4, 0.5) is 13.2 Å². The molecule has 0 aliphatic rings. The molecule has 0 N–H and O–H groups in total. The summed E-state index contributed by atoms with van der Waals surface area (Å²) in [4.78, 5) is 0. The Balaban J connectivity index is 2.88. The fraction of sp³-hybridized carbons (Fsp3) is 0.538. The molecule has 0 aliphatic heterocycles. The summed E-state index contributed by atoms with van der Waals surface area (Å²) in [6.07, 6.45) is -6.41. The van der Waals surface area contributed by atoms with Crippen LogP contribution in [-0.2, 0) is 9.47 Å². The van der Waals surface area contributed by atoms with E-state index in [9.17, 15) is 13.2 Å². The Morgan fingerprint density at radius 2 is 1.61 bits per heavy atom. The van der Waals surface area contributed by atoms with E-state index in [0.717, 1.165) is 12.7 Å². The van der Waals surface area contributed by atoms with E-state index in [-0.39, 0.29) is 11.7 Å². The molecule has 0 radical (unpaired) electrons. The number of hydrogen-bond acceptors (Lipinski definition) is 2.